The number of aliphatic hydroxyl groups is 1. The van der Waals surface area contributed by atoms with E-state index in [-0.39, 0.29) is 29.8 Å². The first-order valence-corrected chi connectivity index (χ1v) is 10.8. The number of hydrogen-bond donors (Lipinski definition) is 3. The second-order valence-corrected chi connectivity index (χ2v) is 8.01. The van der Waals surface area contributed by atoms with Gasteiger partial charge < -0.3 is 15.5 Å². The van der Waals surface area contributed by atoms with Crippen molar-refractivity contribution >= 4 is 28.5 Å². The zero-order valence-corrected chi connectivity index (χ0v) is 18.6. The van der Waals surface area contributed by atoms with E-state index in [0.29, 0.717) is 17.0 Å². The summed E-state index contributed by atoms with van der Waals surface area (Å²) in [6.07, 6.45) is -1.53. The number of carbonyl (C=O) groups is 2. The van der Waals surface area contributed by atoms with Gasteiger partial charge in [-0.05, 0) is 48.4 Å². The lowest BCUT2D eigenvalue weighted by Crippen LogP contribution is -2.29. The topological polar surface area (TPSA) is 134 Å². The van der Waals surface area contributed by atoms with E-state index in [4.69, 9.17) is 0 Å². The molecular weight excluding hydrogens is 474 g/mol. The van der Waals surface area contributed by atoms with Gasteiger partial charge in [0.25, 0.3) is 11.5 Å². The summed E-state index contributed by atoms with van der Waals surface area (Å²) in [5.41, 5.74) is 0.160. The number of aliphatic carboxylic acids is 1. The molecule has 3 aromatic carbocycles. The third-order valence-corrected chi connectivity index (χ3v) is 5.67. The average molecular weight is 494 g/mol. The normalized spacial score (nSPS) is 12.8. The van der Waals surface area contributed by atoms with Gasteiger partial charge >= 0.3 is 5.97 Å². The molecule has 0 aliphatic heterocycles. The number of carbonyl (C=O) groups excluding carboxylic acids is 1. The van der Waals surface area contributed by atoms with E-state index in [9.17, 15) is 33.4 Å². The second-order valence-electron chi connectivity index (χ2n) is 8.01. The van der Waals surface area contributed by atoms with Gasteiger partial charge in [-0.25, -0.2) is 13.5 Å². The smallest absolute Gasteiger partial charge is 0.309 e. The maximum Gasteiger partial charge on any atom is 0.309 e. The first-order chi connectivity index (χ1) is 17.2. The number of aryl methyl sites for hydroxylation is 1. The van der Waals surface area contributed by atoms with E-state index < -0.39 is 41.1 Å². The Morgan fingerprint density at radius 2 is 1.75 bits per heavy atom. The van der Waals surface area contributed by atoms with Crippen molar-refractivity contribution in [2.45, 2.75) is 19.1 Å². The summed E-state index contributed by atoms with van der Waals surface area (Å²) >= 11 is 0. The van der Waals surface area contributed by atoms with Gasteiger partial charge in [-0.15, -0.1) is 5.10 Å². The van der Waals surface area contributed by atoms with Crippen LogP contribution in [0.3, 0.4) is 0 Å². The highest BCUT2D eigenvalue weighted by atomic mass is 19.1. The number of amides is 1. The Hall–Kier alpha value is -4.51. The van der Waals surface area contributed by atoms with Gasteiger partial charge in [0, 0.05) is 18.3 Å². The molecule has 0 fully saturated rings. The van der Waals surface area contributed by atoms with Crippen LogP contribution in [0.1, 0.15) is 28.4 Å². The van der Waals surface area contributed by atoms with Crippen molar-refractivity contribution in [3.05, 3.63) is 99.8 Å². The quantitative estimate of drug-likeness (QED) is 0.343. The molecular formula is C25H20F2N4O5. The third kappa shape index (κ3) is 5.26. The number of nitrogens with zero attached hydrogens (tertiary/aromatic N) is 3. The zero-order chi connectivity index (χ0) is 25.8. The van der Waals surface area contributed by atoms with E-state index in [1.807, 2.05) is 0 Å². The van der Waals surface area contributed by atoms with Gasteiger partial charge in [0.15, 0.2) is 0 Å². The van der Waals surface area contributed by atoms with Gasteiger partial charge in [0.2, 0.25) is 0 Å². The molecule has 0 saturated heterocycles. The number of anilines is 1. The molecule has 4 aromatic rings. The fourth-order valence-corrected chi connectivity index (χ4v) is 3.72. The van der Waals surface area contributed by atoms with E-state index in [0.717, 1.165) is 16.8 Å². The van der Waals surface area contributed by atoms with Crippen molar-refractivity contribution in [2.24, 2.45) is 5.92 Å². The third-order valence-electron chi connectivity index (χ3n) is 5.67. The molecule has 0 aliphatic carbocycles. The Labute approximate surface area is 202 Å². The Morgan fingerprint density at radius 1 is 1.03 bits per heavy atom. The van der Waals surface area contributed by atoms with E-state index >= 15 is 0 Å². The number of hydrogen-bond acceptors (Lipinski definition) is 6. The SMILES string of the molecule is O=C(Nc1ccc(C(O)[C@H](CCn2nnc3ccccc3c2=O)C(=O)O)cc1)c1ccc(F)cc1F. The van der Waals surface area contributed by atoms with Crippen LogP contribution in [0.5, 0.6) is 0 Å². The van der Waals surface area contributed by atoms with Crippen molar-refractivity contribution < 1.29 is 28.6 Å². The molecule has 4 rings (SSSR count). The highest BCUT2D eigenvalue weighted by molar-refractivity contribution is 6.04. The highest BCUT2D eigenvalue weighted by Gasteiger charge is 2.28. The molecule has 11 heteroatoms. The number of fused-ring (bicyclic) bond motifs is 1. The minimum atomic E-state index is -1.43. The molecule has 184 valence electrons. The molecule has 1 unspecified atom stereocenters. The Bertz CT molecular complexity index is 1490. The van der Waals surface area contributed by atoms with Gasteiger partial charge in [0.1, 0.15) is 17.2 Å². The molecule has 0 bridgehead atoms. The van der Waals surface area contributed by atoms with Crippen molar-refractivity contribution in [1.29, 1.82) is 0 Å². The molecule has 0 spiro atoms. The van der Waals surface area contributed by atoms with E-state index in [2.05, 4.69) is 15.6 Å². The number of aromatic nitrogens is 3. The maximum atomic E-state index is 13.8. The fourth-order valence-electron chi connectivity index (χ4n) is 3.72. The molecule has 0 radical (unpaired) electrons. The molecule has 3 N–H and O–H groups in total. The minimum absolute atomic E-state index is 0.0813. The monoisotopic (exact) mass is 494 g/mol. The van der Waals surface area contributed by atoms with Crippen LogP contribution in [0.2, 0.25) is 0 Å². The van der Waals surface area contributed by atoms with Gasteiger partial charge in [-0.3, -0.25) is 14.4 Å². The largest absolute Gasteiger partial charge is 0.481 e. The van der Waals surface area contributed by atoms with Crippen LogP contribution >= 0.6 is 0 Å². The standard InChI is InChI=1S/C25H20F2N4O5/c26-15-7-10-17(20(27)13-15)23(33)28-16-8-5-14(6-9-16)22(32)19(25(35)36)11-12-31-24(34)18-3-1-2-4-21(18)29-30-31/h1-10,13,19,22,32H,11-12H2,(H,28,33)(H,35,36)/t19-,22?/m0/s1. The van der Waals surface area contributed by atoms with Crippen LogP contribution in [0.15, 0.2) is 71.5 Å². The first kappa shape index (κ1) is 24.6. The van der Waals surface area contributed by atoms with Crippen molar-refractivity contribution in [3.63, 3.8) is 0 Å². The summed E-state index contributed by atoms with van der Waals surface area (Å²) in [6, 6.07) is 14.9. The van der Waals surface area contributed by atoms with Crippen LogP contribution in [0, 0.1) is 17.6 Å². The van der Waals surface area contributed by atoms with E-state index in [1.54, 1.807) is 24.3 Å². The predicted molar refractivity (Wildman–Crippen MR) is 125 cm³/mol. The number of carboxylic acids is 1. The average Bonchev–Trinajstić information content (AvgIpc) is 2.85. The summed E-state index contributed by atoms with van der Waals surface area (Å²) in [4.78, 5) is 36.7. The Kier molecular flexibility index (Phi) is 7.11. The minimum Gasteiger partial charge on any atom is -0.481 e. The van der Waals surface area contributed by atoms with Crippen LogP contribution in [-0.2, 0) is 11.3 Å². The number of halogens is 2. The van der Waals surface area contributed by atoms with Crippen molar-refractivity contribution in [1.82, 2.24) is 15.0 Å². The predicted octanol–water partition coefficient (Wildman–Crippen LogP) is 3.15. The lowest BCUT2D eigenvalue weighted by molar-refractivity contribution is -0.146. The maximum absolute atomic E-state index is 13.8. The molecule has 1 aromatic heterocycles. The fraction of sp³-hybridized carbons (Fsp3) is 0.160. The summed E-state index contributed by atoms with van der Waals surface area (Å²) in [5.74, 6) is -5.16. The Morgan fingerprint density at radius 3 is 2.44 bits per heavy atom. The molecule has 36 heavy (non-hydrogen) atoms. The number of benzene rings is 3. The Balaban J connectivity index is 1.45. The first-order valence-electron chi connectivity index (χ1n) is 10.8. The van der Waals surface area contributed by atoms with Gasteiger partial charge in [-0.1, -0.05) is 29.5 Å². The molecule has 2 atom stereocenters. The number of rotatable bonds is 8. The van der Waals surface area contributed by atoms with Crippen molar-refractivity contribution in [2.75, 3.05) is 5.32 Å². The zero-order valence-electron chi connectivity index (χ0n) is 18.6. The second kappa shape index (κ2) is 10.4. The van der Waals surface area contributed by atoms with E-state index in [1.165, 1.54) is 24.3 Å². The lowest BCUT2D eigenvalue weighted by Gasteiger charge is -2.20. The van der Waals surface area contributed by atoms with Gasteiger partial charge in [0.05, 0.1) is 23.0 Å². The van der Waals surface area contributed by atoms with Crippen LogP contribution < -0.4 is 10.9 Å². The molecule has 1 amide bonds. The molecule has 9 nitrogen and oxygen atoms in total. The van der Waals surface area contributed by atoms with Crippen LogP contribution in [-0.4, -0.2) is 37.1 Å². The van der Waals surface area contributed by atoms with Crippen LogP contribution in [0.25, 0.3) is 10.9 Å². The lowest BCUT2D eigenvalue weighted by atomic mass is 9.92. The highest BCUT2D eigenvalue weighted by Crippen LogP contribution is 2.27. The number of aliphatic hydroxyl groups excluding tert-OH is 1. The van der Waals surface area contributed by atoms with Gasteiger partial charge in [-0.2, -0.15) is 0 Å². The van der Waals surface area contributed by atoms with Crippen LogP contribution in [0.4, 0.5) is 14.5 Å². The summed E-state index contributed by atoms with van der Waals surface area (Å²) in [5, 5.41) is 31.0. The number of nitrogens with one attached hydrogen (secondary N) is 1. The molecule has 0 saturated carbocycles. The number of carboxylic acid groups (broad SMARTS) is 1. The summed E-state index contributed by atoms with van der Waals surface area (Å²) < 4.78 is 27.9. The summed E-state index contributed by atoms with van der Waals surface area (Å²) in [6.45, 7) is -0.0813. The molecule has 0 aliphatic rings. The molecule has 1 heterocycles. The van der Waals surface area contributed by atoms with Crippen molar-refractivity contribution in [3.8, 4) is 0 Å². The summed E-state index contributed by atoms with van der Waals surface area (Å²) in [7, 11) is 0.